The molecule has 0 amide bonds. The second-order valence-electron chi connectivity index (χ2n) is 9.75. The molecule has 0 saturated carbocycles. The van der Waals surface area contributed by atoms with Gasteiger partial charge in [-0.05, 0) is 105 Å². The molecular formula is C29H36FN3O3S. The molecule has 6 nitrogen and oxygen atoms in total. The van der Waals surface area contributed by atoms with Crippen LogP contribution in [0.3, 0.4) is 0 Å². The summed E-state index contributed by atoms with van der Waals surface area (Å²) in [6.45, 7) is 2.88. The zero-order valence-corrected chi connectivity index (χ0v) is 22.2. The average molecular weight is 526 g/mol. The number of ether oxygens (including phenoxy) is 1. The SMILES string of the molecule is COc1ccc2nccc([C@H](F)CC[C@@H]3CCN(CCCSc4ccncc4)C[C@H]3CCC(=O)O)c2c1. The summed E-state index contributed by atoms with van der Waals surface area (Å²) in [5, 5.41) is 10.1. The third-order valence-corrected chi connectivity index (χ3v) is 8.45. The standard InChI is InChI=1S/C29H36FN3O3S/c1-36-23-5-7-28-26(19-23)25(11-15-32-28)27(30)6-3-21-12-17-33(20-22(21)4-8-29(34)35)16-2-18-37-24-9-13-31-14-10-24/h5,7,9-11,13-15,19,21-22,27H,2-4,6,8,12,16-18,20H2,1H3,(H,34,35)/t21-,22-,27-/m1/s1. The van der Waals surface area contributed by atoms with E-state index >= 15 is 4.39 Å². The second kappa shape index (κ2) is 13.7. The number of fused-ring (bicyclic) bond motifs is 1. The van der Waals surface area contributed by atoms with E-state index in [1.54, 1.807) is 19.4 Å². The maximum atomic E-state index is 15.5. The third kappa shape index (κ3) is 7.89. The first-order valence-corrected chi connectivity index (χ1v) is 14.1. The Morgan fingerprint density at radius 1 is 1.19 bits per heavy atom. The van der Waals surface area contributed by atoms with Gasteiger partial charge in [-0.15, -0.1) is 11.8 Å². The van der Waals surface area contributed by atoms with Crippen LogP contribution in [-0.4, -0.2) is 58.4 Å². The van der Waals surface area contributed by atoms with Crippen molar-refractivity contribution in [3.05, 3.63) is 60.6 Å². The summed E-state index contributed by atoms with van der Waals surface area (Å²) in [5.41, 5.74) is 1.41. The van der Waals surface area contributed by atoms with Gasteiger partial charge in [0.2, 0.25) is 0 Å². The summed E-state index contributed by atoms with van der Waals surface area (Å²) < 4.78 is 20.9. The molecule has 1 N–H and O–H groups in total. The van der Waals surface area contributed by atoms with Crippen LogP contribution in [0, 0.1) is 11.8 Å². The molecule has 1 aliphatic rings. The van der Waals surface area contributed by atoms with Crippen LogP contribution in [0.15, 0.2) is 59.9 Å². The Morgan fingerprint density at radius 3 is 2.81 bits per heavy atom. The van der Waals surface area contributed by atoms with Crippen molar-refractivity contribution >= 4 is 28.6 Å². The van der Waals surface area contributed by atoms with Gasteiger partial charge in [-0.25, -0.2) is 4.39 Å². The van der Waals surface area contributed by atoms with Crippen LogP contribution in [0.2, 0.25) is 0 Å². The number of aromatic nitrogens is 2. The molecule has 1 aliphatic heterocycles. The van der Waals surface area contributed by atoms with Gasteiger partial charge in [0.1, 0.15) is 11.9 Å². The molecule has 0 radical (unpaired) electrons. The molecule has 3 aromatic rings. The molecule has 2 aromatic heterocycles. The van der Waals surface area contributed by atoms with Gasteiger partial charge in [0.25, 0.3) is 0 Å². The number of hydrogen-bond donors (Lipinski definition) is 1. The molecule has 4 rings (SSSR count). The van der Waals surface area contributed by atoms with Gasteiger partial charge in [-0.1, -0.05) is 0 Å². The first-order chi connectivity index (χ1) is 18.0. The second-order valence-corrected chi connectivity index (χ2v) is 10.9. The molecule has 0 spiro atoms. The molecule has 37 heavy (non-hydrogen) atoms. The summed E-state index contributed by atoms with van der Waals surface area (Å²) >= 11 is 1.84. The first-order valence-electron chi connectivity index (χ1n) is 13.1. The average Bonchev–Trinajstić information content (AvgIpc) is 2.93. The van der Waals surface area contributed by atoms with E-state index < -0.39 is 12.1 Å². The van der Waals surface area contributed by atoms with E-state index in [1.807, 2.05) is 54.5 Å². The van der Waals surface area contributed by atoms with Crippen molar-refractivity contribution in [3.63, 3.8) is 0 Å². The molecule has 3 atom stereocenters. The monoisotopic (exact) mass is 525 g/mol. The number of methoxy groups -OCH3 is 1. The maximum absolute atomic E-state index is 15.5. The van der Waals surface area contributed by atoms with E-state index in [4.69, 9.17) is 4.74 Å². The largest absolute Gasteiger partial charge is 0.497 e. The number of hydrogen-bond acceptors (Lipinski definition) is 6. The number of nitrogens with zero attached hydrogens (tertiary/aromatic N) is 3. The van der Waals surface area contributed by atoms with Crippen LogP contribution < -0.4 is 4.74 Å². The number of carboxylic acids is 1. The molecule has 0 aliphatic carbocycles. The van der Waals surface area contributed by atoms with Crippen molar-refractivity contribution < 1.29 is 19.0 Å². The smallest absolute Gasteiger partial charge is 0.303 e. The summed E-state index contributed by atoms with van der Waals surface area (Å²) in [6, 6.07) is 11.4. The van der Waals surface area contributed by atoms with Crippen molar-refractivity contribution in [1.82, 2.24) is 14.9 Å². The van der Waals surface area contributed by atoms with Crippen LogP contribution in [0.1, 0.15) is 50.3 Å². The number of rotatable bonds is 13. The third-order valence-electron chi connectivity index (χ3n) is 7.35. The van der Waals surface area contributed by atoms with Crippen molar-refractivity contribution in [2.24, 2.45) is 11.8 Å². The highest BCUT2D eigenvalue weighted by Gasteiger charge is 2.30. The van der Waals surface area contributed by atoms with Crippen LogP contribution in [0.5, 0.6) is 5.75 Å². The topological polar surface area (TPSA) is 75.5 Å². The first kappa shape index (κ1) is 27.3. The molecule has 1 fully saturated rings. The minimum Gasteiger partial charge on any atom is -0.497 e. The summed E-state index contributed by atoms with van der Waals surface area (Å²) in [6.07, 6.45) is 8.26. The Balaban J connectivity index is 1.32. The molecule has 0 unspecified atom stereocenters. The van der Waals surface area contributed by atoms with E-state index in [0.717, 1.165) is 55.6 Å². The van der Waals surface area contributed by atoms with Gasteiger partial charge in [0, 0.05) is 41.8 Å². The van der Waals surface area contributed by atoms with E-state index in [-0.39, 0.29) is 12.3 Å². The predicted octanol–water partition coefficient (Wildman–Crippen LogP) is 6.41. The molecule has 0 bridgehead atoms. The molecular weight excluding hydrogens is 489 g/mol. The number of carbonyl (C=O) groups is 1. The van der Waals surface area contributed by atoms with Gasteiger partial charge in [0.05, 0.1) is 12.6 Å². The van der Waals surface area contributed by atoms with E-state index in [0.29, 0.717) is 30.1 Å². The van der Waals surface area contributed by atoms with E-state index in [1.165, 1.54) is 4.90 Å². The number of likely N-dealkylation sites (tertiary alicyclic amines) is 1. The number of benzene rings is 1. The van der Waals surface area contributed by atoms with Crippen LogP contribution >= 0.6 is 11.8 Å². The predicted molar refractivity (Wildman–Crippen MR) is 146 cm³/mol. The number of carboxylic acid groups (broad SMARTS) is 1. The molecule has 8 heteroatoms. The highest BCUT2D eigenvalue weighted by molar-refractivity contribution is 7.99. The number of pyridine rings is 2. The Hall–Kier alpha value is -2.71. The normalized spacial score (nSPS) is 19.1. The Bertz CT molecular complexity index is 1150. The minimum absolute atomic E-state index is 0.167. The lowest BCUT2D eigenvalue weighted by molar-refractivity contribution is -0.137. The lowest BCUT2D eigenvalue weighted by Gasteiger charge is -2.39. The fourth-order valence-electron chi connectivity index (χ4n) is 5.35. The highest BCUT2D eigenvalue weighted by Crippen LogP contribution is 2.36. The molecule has 1 aromatic carbocycles. The lowest BCUT2D eigenvalue weighted by atomic mass is 9.79. The van der Waals surface area contributed by atoms with E-state index in [2.05, 4.69) is 14.9 Å². The summed E-state index contributed by atoms with van der Waals surface area (Å²) in [5.74, 6) is 1.58. The number of piperidine rings is 1. The van der Waals surface area contributed by atoms with Crippen LogP contribution in [-0.2, 0) is 4.79 Å². The highest BCUT2D eigenvalue weighted by atomic mass is 32.2. The van der Waals surface area contributed by atoms with Crippen molar-refractivity contribution in [2.45, 2.75) is 49.6 Å². The van der Waals surface area contributed by atoms with Gasteiger partial charge in [-0.2, -0.15) is 0 Å². The van der Waals surface area contributed by atoms with Gasteiger partial charge in [0.15, 0.2) is 0 Å². The fraction of sp³-hybridized carbons (Fsp3) is 0.483. The Kier molecular flexibility index (Phi) is 10.1. The van der Waals surface area contributed by atoms with Gasteiger partial charge < -0.3 is 14.7 Å². The summed E-state index contributed by atoms with van der Waals surface area (Å²) in [4.78, 5) is 23.4. The molecule has 1 saturated heterocycles. The minimum atomic E-state index is -1.10. The van der Waals surface area contributed by atoms with Crippen LogP contribution in [0.25, 0.3) is 10.9 Å². The Labute approximate surface area is 222 Å². The number of halogens is 1. The summed E-state index contributed by atoms with van der Waals surface area (Å²) in [7, 11) is 1.60. The Morgan fingerprint density at radius 2 is 2.03 bits per heavy atom. The zero-order valence-electron chi connectivity index (χ0n) is 21.4. The zero-order chi connectivity index (χ0) is 26.0. The number of aliphatic carboxylic acids is 1. The van der Waals surface area contributed by atoms with Gasteiger partial charge >= 0.3 is 5.97 Å². The molecule has 3 heterocycles. The molecule has 198 valence electrons. The lowest BCUT2D eigenvalue weighted by Crippen LogP contribution is -2.41. The van der Waals surface area contributed by atoms with Crippen molar-refractivity contribution in [2.75, 3.05) is 32.5 Å². The quantitative estimate of drug-likeness (QED) is 0.204. The number of thioether (sulfide) groups is 1. The van der Waals surface area contributed by atoms with Crippen molar-refractivity contribution in [1.29, 1.82) is 0 Å². The van der Waals surface area contributed by atoms with Crippen molar-refractivity contribution in [3.8, 4) is 5.75 Å². The van der Waals surface area contributed by atoms with Crippen LogP contribution in [0.4, 0.5) is 4.39 Å². The number of alkyl halides is 1. The maximum Gasteiger partial charge on any atom is 0.303 e. The van der Waals surface area contributed by atoms with E-state index in [9.17, 15) is 9.90 Å². The van der Waals surface area contributed by atoms with Gasteiger partial charge in [-0.3, -0.25) is 14.8 Å². The fourth-order valence-corrected chi connectivity index (χ4v) is 6.17.